The first kappa shape index (κ1) is 26.1. The van der Waals surface area contributed by atoms with Gasteiger partial charge in [0.25, 0.3) is 0 Å². The van der Waals surface area contributed by atoms with E-state index in [0.29, 0.717) is 5.41 Å². The fourth-order valence-corrected chi connectivity index (χ4v) is 4.67. The van der Waals surface area contributed by atoms with Gasteiger partial charge in [0, 0.05) is 66.2 Å². The second-order valence-corrected chi connectivity index (χ2v) is 8.67. The summed E-state index contributed by atoms with van der Waals surface area (Å²) in [5.41, 5.74) is 1.58. The van der Waals surface area contributed by atoms with E-state index in [1.165, 1.54) is 31.2 Å². The van der Waals surface area contributed by atoms with E-state index in [1.807, 2.05) is 13.2 Å². The van der Waals surface area contributed by atoms with Crippen molar-refractivity contribution in [3.63, 3.8) is 0 Å². The topological polar surface area (TPSA) is 65.0 Å². The maximum absolute atomic E-state index is 5.35. The van der Waals surface area contributed by atoms with Crippen molar-refractivity contribution >= 4 is 35.8 Å². The minimum atomic E-state index is 0. The summed E-state index contributed by atoms with van der Waals surface area (Å²) in [5, 5.41) is 7.05. The number of piperazine rings is 1. The maximum Gasteiger partial charge on any atom is 0.191 e. The number of aliphatic imine (C=N–C) groups is 1. The van der Waals surface area contributed by atoms with Gasteiger partial charge in [-0.05, 0) is 48.9 Å². The molecule has 0 atom stereocenters. The number of guanidine groups is 1. The van der Waals surface area contributed by atoms with Gasteiger partial charge in [-0.3, -0.25) is 4.99 Å². The minimum absolute atomic E-state index is 0. The van der Waals surface area contributed by atoms with Crippen LogP contribution in [0.25, 0.3) is 0 Å². The Morgan fingerprint density at radius 2 is 1.94 bits per heavy atom. The molecule has 1 aromatic rings. The molecule has 1 aromatic heterocycles. The van der Waals surface area contributed by atoms with Gasteiger partial charge in [0.1, 0.15) is 5.82 Å². The first-order valence-corrected chi connectivity index (χ1v) is 11.5. The highest BCUT2D eigenvalue weighted by Gasteiger charge is 2.33. The van der Waals surface area contributed by atoms with E-state index in [4.69, 9.17) is 4.74 Å². The third-order valence-corrected chi connectivity index (χ3v) is 6.77. The highest BCUT2D eigenvalue weighted by molar-refractivity contribution is 14.0. The molecule has 1 aliphatic carbocycles. The van der Waals surface area contributed by atoms with Gasteiger partial charge in [0.15, 0.2) is 5.96 Å². The predicted molar refractivity (Wildman–Crippen MR) is 140 cm³/mol. The van der Waals surface area contributed by atoms with Crippen LogP contribution in [-0.4, -0.2) is 75.9 Å². The van der Waals surface area contributed by atoms with Crippen molar-refractivity contribution in [2.24, 2.45) is 10.4 Å². The second kappa shape index (κ2) is 13.4. The van der Waals surface area contributed by atoms with Crippen molar-refractivity contribution in [3.05, 3.63) is 23.9 Å². The van der Waals surface area contributed by atoms with E-state index in [9.17, 15) is 0 Å². The van der Waals surface area contributed by atoms with Gasteiger partial charge in [0.05, 0.1) is 0 Å². The highest BCUT2D eigenvalue weighted by atomic mass is 127. The van der Waals surface area contributed by atoms with Gasteiger partial charge in [0.2, 0.25) is 0 Å². The largest absolute Gasteiger partial charge is 0.385 e. The van der Waals surface area contributed by atoms with Crippen LogP contribution < -0.4 is 15.5 Å². The third kappa shape index (κ3) is 7.75. The van der Waals surface area contributed by atoms with E-state index in [-0.39, 0.29) is 24.0 Å². The molecule has 1 saturated carbocycles. The van der Waals surface area contributed by atoms with Crippen LogP contribution in [-0.2, 0) is 11.3 Å². The average Bonchev–Trinajstić information content (AvgIpc) is 3.27. The molecule has 0 unspecified atom stereocenters. The molecular formula is C23H41IN6O. The zero-order chi connectivity index (χ0) is 21.2. The molecule has 0 amide bonds. The van der Waals surface area contributed by atoms with Gasteiger partial charge in [-0.2, -0.15) is 0 Å². The van der Waals surface area contributed by atoms with Crippen molar-refractivity contribution in [1.29, 1.82) is 0 Å². The summed E-state index contributed by atoms with van der Waals surface area (Å²) in [7, 11) is 3.64. The number of nitrogens with one attached hydrogen (secondary N) is 2. The summed E-state index contributed by atoms with van der Waals surface area (Å²) >= 11 is 0. The highest BCUT2D eigenvalue weighted by Crippen LogP contribution is 2.40. The van der Waals surface area contributed by atoms with Crippen molar-refractivity contribution < 1.29 is 4.74 Å². The maximum atomic E-state index is 5.35. The molecule has 1 saturated heterocycles. The minimum Gasteiger partial charge on any atom is -0.385 e. The first-order chi connectivity index (χ1) is 14.7. The van der Waals surface area contributed by atoms with Crippen LogP contribution in [0.2, 0.25) is 0 Å². The summed E-state index contributed by atoms with van der Waals surface area (Å²) in [6, 6.07) is 4.29. The normalized spacial score (nSPS) is 19.2. The number of nitrogens with zero attached hydrogens (tertiary/aromatic N) is 4. The molecule has 0 radical (unpaired) electrons. The molecule has 3 rings (SSSR count). The number of halogens is 1. The third-order valence-electron chi connectivity index (χ3n) is 6.77. The molecular weight excluding hydrogens is 503 g/mol. The lowest BCUT2D eigenvalue weighted by molar-refractivity contribution is 0.138. The van der Waals surface area contributed by atoms with Crippen molar-refractivity contribution in [3.8, 4) is 0 Å². The number of hydrogen-bond donors (Lipinski definition) is 2. The zero-order valence-electron chi connectivity index (χ0n) is 19.5. The van der Waals surface area contributed by atoms with E-state index < -0.39 is 0 Å². The van der Waals surface area contributed by atoms with E-state index >= 15 is 0 Å². The molecule has 0 aromatic carbocycles. The summed E-state index contributed by atoms with van der Waals surface area (Å²) in [4.78, 5) is 13.9. The van der Waals surface area contributed by atoms with Crippen LogP contribution in [0.15, 0.2) is 23.3 Å². The number of rotatable bonds is 9. The van der Waals surface area contributed by atoms with Crippen LogP contribution in [0.3, 0.4) is 0 Å². The monoisotopic (exact) mass is 544 g/mol. The van der Waals surface area contributed by atoms with Crippen LogP contribution in [0, 0.1) is 5.41 Å². The van der Waals surface area contributed by atoms with Crippen LogP contribution >= 0.6 is 24.0 Å². The van der Waals surface area contributed by atoms with Crippen molar-refractivity contribution in [2.75, 3.05) is 64.9 Å². The Labute approximate surface area is 205 Å². The van der Waals surface area contributed by atoms with Crippen LogP contribution in [0.4, 0.5) is 5.82 Å². The standard InChI is InChI=1S/C23H40N6O.HI/c1-4-28-12-14-29(15-13-28)21-17-20(7-11-25-21)18-26-22(24-2)27-19-23(10-16-30-3)8-5-6-9-23;/h7,11,17H,4-6,8-10,12-16,18-19H2,1-3H3,(H2,24,26,27);1H. The number of likely N-dealkylation sites (N-methyl/N-ethyl adjacent to an activating group) is 1. The SMILES string of the molecule is CCN1CCN(c2cc(CNC(=NC)NCC3(CCOC)CCCC3)ccn2)CC1.I. The fraction of sp³-hybridized carbons (Fsp3) is 0.739. The summed E-state index contributed by atoms with van der Waals surface area (Å²) < 4.78 is 5.35. The molecule has 2 heterocycles. The summed E-state index contributed by atoms with van der Waals surface area (Å²) in [5.74, 6) is 1.95. The lowest BCUT2D eigenvalue weighted by Gasteiger charge is -2.34. The molecule has 8 heteroatoms. The van der Waals surface area contributed by atoms with E-state index in [2.05, 4.69) is 49.5 Å². The van der Waals surface area contributed by atoms with Crippen molar-refractivity contribution in [1.82, 2.24) is 20.5 Å². The molecule has 2 N–H and O–H groups in total. The number of aromatic nitrogens is 1. The quantitative estimate of drug-likeness (QED) is 0.283. The van der Waals surface area contributed by atoms with E-state index in [0.717, 1.165) is 70.6 Å². The molecule has 176 valence electrons. The van der Waals surface area contributed by atoms with Gasteiger partial charge < -0.3 is 25.2 Å². The molecule has 2 aliphatic rings. The Bertz CT molecular complexity index is 672. The number of ether oxygens (including phenoxy) is 1. The molecule has 31 heavy (non-hydrogen) atoms. The smallest absolute Gasteiger partial charge is 0.191 e. The van der Waals surface area contributed by atoms with E-state index in [1.54, 1.807) is 7.11 Å². The number of hydrogen-bond acceptors (Lipinski definition) is 5. The Kier molecular flexibility index (Phi) is 11.3. The number of anilines is 1. The lowest BCUT2D eigenvalue weighted by atomic mass is 9.83. The van der Waals surface area contributed by atoms with Gasteiger partial charge >= 0.3 is 0 Å². The molecule has 7 nitrogen and oxygen atoms in total. The van der Waals surface area contributed by atoms with Crippen LogP contribution in [0.1, 0.15) is 44.6 Å². The fourth-order valence-electron chi connectivity index (χ4n) is 4.67. The lowest BCUT2D eigenvalue weighted by Crippen LogP contribution is -2.46. The summed E-state index contributed by atoms with van der Waals surface area (Å²) in [6.45, 7) is 10.2. The van der Waals surface area contributed by atoms with Gasteiger partial charge in [-0.25, -0.2) is 4.98 Å². The number of pyridine rings is 1. The number of methoxy groups -OCH3 is 1. The zero-order valence-corrected chi connectivity index (χ0v) is 21.9. The second-order valence-electron chi connectivity index (χ2n) is 8.67. The Morgan fingerprint density at radius 1 is 1.19 bits per heavy atom. The molecule has 1 aliphatic heterocycles. The van der Waals surface area contributed by atoms with Crippen molar-refractivity contribution in [2.45, 2.75) is 45.6 Å². The van der Waals surface area contributed by atoms with Gasteiger partial charge in [-0.15, -0.1) is 24.0 Å². The summed E-state index contributed by atoms with van der Waals surface area (Å²) in [6.07, 6.45) is 8.24. The average molecular weight is 545 g/mol. The predicted octanol–water partition coefficient (Wildman–Crippen LogP) is 3.10. The molecule has 0 bridgehead atoms. The molecule has 0 spiro atoms. The van der Waals surface area contributed by atoms with Gasteiger partial charge in [-0.1, -0.05) is 19.8 Å². The Morgan fingerprint density at radius 3 is 2.58 bits per heavy atom. The van der Waals surface area contributed by atoms with Crippen LogP contribution in [0.5, 0.6) is 0 Å². The first-order valence-electron chi connectivity index (χ1n) is 11.5. The Hall–Kier alpha value is -1.13. The Balaban J connectivity index is 0.00000341. The molecule has 2 fully saturated rings.